The summed E-state index contributed by atoms with van der Waals surface area (Å²) in [6.07, 6.45) is 2.18. The summed E-state index contributed by atoms with van der Waals surface area (Å²) in [5, 5.41) is 0. The lowest BCUT2D eigenvalue weighted by Gasteiger charge is -2.21. The van der Waals surface area contributed by atoms with E-state index in [1.165, 1.54) is 0 Å². The summed E-state index contributed by atoms with van der Waals surface area (Å²) in [4.78, 5) is 0.308. The van der Waals surface area contributed by atoms with Crippen molar-refractivity contribution in [3.8, 4) is 0 Å². The van der Waals surface area contributed by atoms with E-state index in [0.29, 0.717) is 22.9 Å². The number of nitrogens with two attached hydrogens (primary N) is 1. The van der Waals surface area contributed by atoms with Gasteiger partial charge in [-0.15, -0.1) is 0 Å². The Balaban J connectivity index is 2.05. The Morgan fingerprint density at radius 1 is 1.26 bits per heavy atom. The van der Waals surface area contributed by atoms with Crippen LogP contribution in [0.1, 0.15) is 18.4 Å². The number of thioether (sulfide) groups is 1. The molecular weight excluding hydrogens is 280 g/mol. The maximum absolute atomic E-state index is 12.3. The fourth-order valence-electron chi connectivity index (χ4n) is 2.19. The van der Waals surface area contributed by atoms with Gasteiger partial charge in [0.2, 0.25) is 10.0 Å². The van der Waals surface area contributed by atoms with Gasteiger partial charge in [-0.25, -0.2) is 13.1 Å². The molecule has 0 spiro atoms. The Hall–Kier alpha value is -0.560. The van der Waals surface area contributed by atoms with Gasteiger partial charge in [-0.05, 0) is 41.9 Å². The lowest BCUT2D eigenvalue weighted by Crippen LogP contribution is -2.31. The van der Waals surface area contributed by atoms with E-state index in [-0.39, 0.29) is 6.54 Å². The third-order valence-corrected chi connectivity index (χ3v) is 5.96. The van der Waals surface area contributed by atoms with Gasteiger partial charge in [0.15, 0.2) is 0 Å². The van der Waals surface area contributed by atoms with Gasteiger partial charge in [0.1, 0.15) is 0 Å². The first kappa shape index (κ1) is 14.8. The molecule has 6 heteroatoms. The smallest absolute Gasteiger partial charge is 0.240 e. The molecule has 1 aromatic rings. The second kappa shape index (κ2) is 6.74. The Morgan fingerprint density at radius 3 is 2.63 bits per heavy atom. The molecule has 1 aliphatic heterocycles. The number of nitrogens with one attached hydrogen (secondary N) is 1. The van der Waals surface area contributed by atoms with Crippen LogP contribution in [0.3, 0.4) is 0 Å². The van der Waals surface area contributed by atoms with Gasteiger partial charge < -0.3 is 5.73 Å². The molecule has 0 unspecified atom stereocenters. The minimum atomic E-state index is -3.44. The van der Waals surface area contributed by atoms with Crippen molar-refractivity contribution in [3.05, 3.63) is 29.8 Å². The highest BCUT2D eigenvalue weighted by Gasteiger charge is 2.20. The van der Waals surface area contributed by atoms with Crippen LogP contribution >= 0.6 is 11.8 Å². The number of sulfonamides is 1. The van der Waals surface area contributed by atoms with Crippen molar-refractivity contribution in [2.75, 3.05) is 18.1 Å². The van der Waals surface area contributed by atoms with Gasteiger partial charge in [-0.1, -0.05) is 18.2 Å². The molecule has 19 heavy (non-hydrogen) atoms. The van der Waals surface area contributed by atoms with Gasteiger partial charge >= 0.3 is 0 Å². The van der Waals surface area contributed by atoms with E-state index in [4.69, 9.17) is 5.73 Å². The standard InChI is InChI=1S/C13H20N2O2S2/c14-9-12-3-1-2-4-13(12)19(16,17)15-10-11-5-7-18-8-6-11/h1-4,11,15H,5-10,14H2. The molecule has 1 aromatic carbocycles. The molecule has 0 radical (unpaired) electrons. The summed E-state index contributed by atoms with van der Waals surface area (Å²) in [6.45, 7) is 0.763. The van der Waals surface area contributed by atoms with E-state index in [0.717, 1.165) is 24.3 Å². The van der Waals surface area contributed by atoms with Crippen LogP contribution in [0.4, 0.5) is 0 Å². The number of hydrogen-bond donors (Lipinski definition) is 2. The maximum atomic E-state index is 12.3. The van der Waals surface area contributed by atoms with E-state index in [1.54, 1.807) is 24.3 Å². The molecule has 1 fully saturated rings. The van der Waals surface area contributed by atoms with Crippen LogP contribution in [0.15, 0.2) is 29.2 Å². The Kier molecular flexibility index (Phi) is 5.27. The van der Waals surface area contributed by atoms with Gasteiger partial charge in [0.05, 0.1) is 4.90 Å². The highest BCUT2D eigenvalue weighted by molar-refractivity contribution is 7.99. The molecule has 1 saturated heterocycles. The minimum Gasteiger partial charge on any atom is -0.326 e. The van der Waals surface area contributed by atoms with E-state index in [1.807, 2.05) is 11.8 Å². The molecule has 0 aromatic heterocycles. The lowest BCUT2D eigenvalue weighted by atomic mass is 10.0. The van der Waals surface area contributed by atoms with Crippen molar-refractivity contribution in [2.24, 2.45) is 11.7 Å². The van der Waals surface area contributed by atoms with Gasteiger partial charge in [0.25, 0.3) is 0 Å². The number of hydrogen-bond acceptors (Lipinski definition) is 4. The van der Waals surface area contributed by atoms with E-state index >= 15 is 0 Å². The lowest BCUT2D eigenvalue weighted by molar-refractivity contribution is 0.476. The third-order valence-electron chi connectivity index (χ3n) is 3.38. The summed E-state index contributed by atoms with van der Waals surface area (Å²) >= 11 is 1.94. The molecule has 1 heterocycles. The van der Waals surface area contributed by atoms with Crippen molar-refractivity contribution >= 4 is 21.8 Å². The molecule has 0 amide bonds. The van der Waals surface area contributed by atoms with Crippen molar-refractivity contribution in [3.63, 3.8) is 0 Å². The minimum absolute atomic E-state index is 0.233. The largest absolute Gasteiger partial charge is 0.326 e. The van der Waals surface area contributed by atoms with Crippen molar-refractivity contribution in [2.45, 2.75) is 24.3 Å². The molecule has 1 aliphatic rings. The van der Waals surface area contributed by atoms with Crippen LogP contribution in [0.2, 0.25) is 0 Å². The van der Waals surface area contributed by atoms with Crippen molar-refractivity contribution < 1.29 is 8.42 Å². The van der Waals surface area contributed by atoms with E-state index in [2.05, 4.69) is 4.72 Å². The first-order valence-electron chi connectivity index (χ1n) is 6.49. The summed E-state index contributed by atoms with van der Waals surface area (Å²) in [5.74, 6) is 2.72. The monoisotopic (exact) mass is 300 g/mol. The topological polar surface area (TPSA) is 72.2 Å². The SMILES string of the molecule is NCc1ccccc1S(=O)(=O)NCC1CCSCC1. The highest BCUT2D eigenvalue weighted by atomic mass is 32.2. The summed E-state index contributed by atoms with van der Waals surface area (Å²) < 4.78 is 27.3. The average Bonchev–Trinajstić information content (AvgIpc) is 2.46. The van der Waals surface area contributed by atoms with Crippen molar-refractivity contribution in [1.82, 2.24) is 4.72 Å². The zero-order valence-electron chi connectivity index (χ0n) is 10.8. The molecular formula is C13H20N2O2S2. The molecule has 0 atom stereocenters. The van der Waals surface area contributed by atoms with E-state index in [9.17, 15) is 8.42 Å². The van der Waals surface area contributed by atoms with Crippen LogP contribution in [0.25, 0.3) is 0 Å². The van der Waals surface area contributed by atoms with Crippen molar-refractivity contribution in [1.29, 1.82) is 0 Å². The Morgan fingerprint density at radius 2 is 1.95 bits per heavy atom. The summed E-state index contributed by atoms with van der Waals surface area (Å²) in [7, 11) is -3.44. The Labute approximate surface area is 119 Å². The highest BCUT2D eigenvalue weighted by Crippen LogP contribution is 2.23. The first-order chi connectivity index (χ1) is 9.13. The zero-order chi connectivity index (χ0) is 13.7. The molecule has 3 N–H and O–H groups in total. The maximum Gasteiger partial charge on any atom is 0.240 e. The van der Waals surface area contributed by atoms with Gasteiger partial charge in [-0.2, -0.15) is 11.8 Å². The predicted octanol–water partition coefficient (Wildman–Crippen LogP) is 1.57. The molecule has 0 aliphatic carbocycles. The van der Waals surface area contributed by atoms with Crippen LogP contribution in [-0.2, 0) is 16.6 Å². The molecule has 106 valence electrons. The quantitative estimate of drug-likeness (QED) is 0.866. The first-order valence-corrected chi connectivity index (χ1v) is 9.12. The third kappa shape index (κ3) is 3.95. The van der Waals surface area contributed by atoms with Crippen LogP contribution in [0, 0.1) is 5.92 Å². The number of rotatable bonds is 5. The van der Waals surface area contributed by atoms with Gasteiger partial charge in [-0.3, -0.25) is 0 Å². The zero-order valence-corrected chi connectivity index (χ0v) is 12.5. The van der Waals surface area contributed by atoms with E-state index < -0.39 is 10.0 Å². The number of benzene rings is 1. The fourth-order valence-corrected chi connectivity index (χ4v) is 4.76. The molecule has 0 bridgehead atoms. The fraction of sp³-hybridized carbons (Fsp3) is 0.538. The normalized spacial score (nSPS) is 17.5. The van der Waals surface area contributed by atoms with Crippen LogP contribution in [-0.4, -0.2) is 26.5 Å². The summed E-state index contributed by atoms with van der Waals surface area (Å²) in [5.41, 5.74) is 6.25. The average molecular weight is 300 g/mol. The molecule has 4 nitrogen and oxygen atoms in total. The van der Waals surface area contributed by atoms with Gasteiger partial charge in [0, 0.05) is 13.1 Å². The molecule has 2 rings (SSSR count). The summed E-state index contributed by atoms with van der Waals surface area (Å²) in [6, 6.07) is 6.90. The second-order valence-corrected chi connectivity index (χ2v) is 7.68. The Bertz CT molecular complexity index is 511. The van der Waals surface area contributed by atoms with Crippen LogP contribution < -0.4 is 10.5 Å². The van der Waals surface area contributed by atoms with Crippen LogP contribution in [0.5, 0.6) is 0 Å². The second-order valence-electron chi connectivity index (χ2n) is 4.72. The molecule has 0 saturated carbocycles. The predicted molar refractivity (Wildman–Crippen MR) is 79.6 cm³/mol.